The van der Waals surface area contributed by atoms with Crippen LogP contribution in [0.2, 0.25) is 0 Å². The van der Waals surface area contributed by atoms with Crippen LogP contribution in [0, 0.1) is 29.1 Å². The van der Waals surface area contributed by atoms with Crippen LogP contribution in [0.1, 0.15) is 39.5 Å². The van der Waals surface area contributed by atoms with Gasteiger partial charge in [0.2, 0.25) is 0 Å². The Bertz CT molecular complexity index is 644. The lowest BCUT2D eigenvalue weighted by Crippen LogP contribution is -2.61. The molecule has 0 radical (unpaired) electrons. The number of rotatable bonds is 5. The molecule has 7 heteroatoms. The summed E-state index contributed by atoms with van der Waals surface area (Å²) in [6, 6.07) is 0. The Hall–Kier alpha value is -1.73. The van der Waals surface area contributed by atoms with Crippen LogP contribution < -0.4 is 0 Å². The van der Waals surface area contributed by atoms with E-state index in [9.17, 15) is 19.5 Å². The van der Waals surface area contributed by atoms with E-state index >= 15 is 0 Å². The molecule has 2 N–H and O–H groups in total. The summed E-state index contributed by atoms with van der Waals surface area (Å²) >= 11 is 0. The fourth-order valence-corrected chi connectivity index (χ4v) is 5.37. The van der Waals surface area contributed by atoms with Gasteiger partial charge < -0.3 is 24.5 Å². The predicted molar refractivity (Wildman–Crippen MR) is 94.3 cm³/mol. The molecule has 1 unspecified atom stereocenters. The van der Waals surface area contributed by atoms with Crippen molar-refractivity contribution in [3.63, 3.8) is 0 Å². The lowest BCUT2D eigenvalue weighted by molar-refractivity contribution is -0.196. The van der Waals surface area contributed by atoms with E-state index in [0.717, 1.165) is 6.29 Å². The Balaban J connectivity index is 1.94. The molecule has 2 aliphatic carbocycles. The van der Waals surface area contributed by atoms with E-state index in [-0.39, 0.29) is 42.3 Å². The zero-order valence-electron chi connectivity index (χ0n) is 15.8. The summed E-state index contributed by atoms with van der Waals surface area (Å²) in [5.41, 5.74) is -0.535. The zero-order valence-corrected chi connectivity index (χ0v) is 15.8. The quantitative estimate of drug-likeness (QED) is 0.416. The first kappa shape index (κ1) is 20.0. The van der Waals surface area contributed by atoms with Gasteiger partial charge in [-0.1, -0.05) is 20.4 Å². The second-order valence-electron chi connectivity index (χ2n) is 8.42. The summed E-state index contributed by atoms with van der Waals surface area (Å²) in [4.78, 5) is 36.4. The Morgan fingerprint density at radius 3 is 2.78 bits per heavy atom. The van der Waals surface area contributed by atoms with Gasteiger partial charge in [-0.05, 0) is 19.3 Å². The van der Waals surface area contributed by atoms with Crippen LogP contribution in [0.15, 0.2) is 12.2 Å². The van der Waals surface area contributed by atoms with Crippen molar-refractivity contribution in [2.24, 2.45) is 29.1 Å². The molecule has 0 aromatic rings. The van der Waals surface area contributed by atoms with Gasteiger partial charge in [-0.15, -0.1) is 0 Å². The molecule has 0 aromatic carbocycles. The van der Waals surface area contributed by atoms with Gasteiger partial charge in [-0.3, -0.25) is 4.79 Å². The molecule has 1 saturated heterocycles. The van der Waals surface area contributed by atoms with Crippen LogP contribution in [-0.2, 0) is 23.9 Å². The summed E-state index contributed by atoms with van der Waals surface area (Å²) in [5.74, 6) is -2.41. The summed E-state index contributed by atoms with van der Waals surface area (Å²) < 4.78 is 11.3. The van der Waals surface area contributed by atoms with Crippen LogP contribution in [-0.4, -0.2) is 53.4 Å². The average molecular weight is 380 g/mol. The Morgan fingerprint density at radius 1 is 1.44 bits per heavy atom. The first-order valence-electron chi connectivity index (χ1n) is 9.58. The van der Waals surface area contributed by atoms with E-state index < -0.39 is 35.6 Å². The number of aldehydes is 1. The van der Waals surface area contributed by atoms with Crippen molar-refractivity contribution in [2.45, 2.75) is 57.8 Å². The lowest BCUT2D eigenvalue weighted by atomic mass is 9.51. The van der Waals surface area contributed by atoms with Gasteiger partial charge in [0.05, 0.1) is 12.0 Å². The molecule has 0 amide bonds. The van der Waals surface area contributed by atoms with E-state index in [1.165, 1.54) is 0 Å². The van der Waals surface area contributed by atoms with E-state index in [2.05, 4.69) is 6.58 Å². The first-order valence-corrected chi connectivity index (χ1v) is 9.58. The van der Waals surface area contributed by atoms with Crippen LogP contribution in [0.3, 0.4) is 0 Å². The van der Waals surface area contributed by atoms with Gasteiger partial charge in [0.25, 0.3) is 0 Å². The topological polar surface area (TPSA) is 110 Å². The summed E-state index contributed by atoms with van der Waals surface area (Å²) in [5, 5.41) is 19.7. The smallest absolute Gasteiger partial charge is 0.333 e. The summed E-state index contributed by atoms with van der Waals surface area (Å²) in [7, 11) is 0. The molecular weight excluding hydrogens is 352 g/mol. The molecule has 150 valence electrons. The highest BCUT2D eigenvalue weighted by molar-refractivity contribution is 5.88. The third-order valence-corrected chi connectivity index (χ3v) is 6.90. The van der Waals surface area contributed by atoms with Crippen LogP contribution in [0.25, 0.3) is 0 Å². The van der Waals surface area contributed by atoms with Crippen LogP contribution in [0.4, 0.5) is 0 Å². The van der Waals surface area contributed by atoms with Gasteiger partial charge in [-0.2, -0.15) is 0 Å². The van der Waals surface area contributed by atoms with Gasteiger partial charge >= 0.3 is 11.9 Å². The minimum absolute atomic E-state index is 0.111. The molecule has 0 bridgehead atoms. The maximum atomic E-state index is 12.4. The van der Waals surface area contributed by atoms with E-state index in [1.54, 1.807) is 6.92 Å². The summed E-state index contributed by atoms with van der Waals surface area (Å²) in [6.07, 6.45) is 0.534. The molecule has 3 rings (SSSR count). The molecule has 7 nitrogen and oxygen atoms in total. The van der Waals surface area contributed by atoms with Crippen LogP contribution >= 0.6 is 0 Å². The molecule has 1 heterocycles. The second kappa shape index (κ2) is 7.36. The fraction of sp³-hybridized carbons (Fsp3) is 0.750. The van der Waals surface area contributed by atoms with Crippen LogP contribution in [0.5, 0.6) is 0 Å². The zero-order chi connectivity index (χ0) is 19.9. The Morgan fingerprint density at radius 2 is 2.15 bits per heavy atom. The van der Waals surface area contributed by atoms with Crippen molar-refractivity contribution in [2.75, 3.05) is 6.61 Å². The highest BCUT2D eigenvalue weighted by Crippen LogP contribution is 2.58. The van der Waals surface area contributed by atoms with Crippen molar-refractivity contribution >= 4 is 18.2 Å². The number of hydrogen-bond donors (Lipinski definition) is 2. The standard InChI is InChI=1S/C20H28O7/c1-10(6-7-21)18(24)26-13-8-20(3)14(23)5-4-12(9-22)16(20)17-15(13)11(2)19(25)27-17/h9,11-17,21,23H,1,4-8H2,2-3H3/t11-,12+,13+,14-,15-,16?,17+,20+/m1/s1. The Kier molecular flexibility index (Phi) is 5.45. The first-order chi connectivity index (χ1) is 12.7. The van der Waals surface area contributed by atoms with Gasteiger partial charge in [-0.25, -0.2) is 4.79 Å². The fourth-order valence-electron chi connectivity index (χ4n) is 5.37. The number of hydrogen-bond acceptors (Lipinski definition) is 7. The van der Waals surface area contributed by atoms with Crippen molar-refractivity contribution < 1.29 is 34.1 Å². The third kappa shape index (κ3) is 3.21. The number of esters is 2. The third-order valence-electron chi connectivity index (χ3n) is 6.90. The molecule has 3 aliphatic rings. The van der Waals surface area contributed by atoms with Gasteiger partial charge in [0.15, 0.2) is 0 Å². The predicted octanol–water partition coefficient (Wildman–Crippen LogP) is 1.01. The maximum Gasteiger partial charge on any atom is 0.333 e. The monoisotopic (exact) mass is 380 g/mol. The number of ether oxygens (including phenoxy) is 2. The summed E-state index contributed by atoms with van der Waals surface area (Å²) in [6.45, 7) is 7.06. The van der Waals surface area contributed by atoms with Crippen molar-refractivity contribution in [1.29, 1.82) is 0 Å². The molecule has 1 aliphatic heterocycles. The van der Waals surface area contributed by atoms with Crippen molar-refractivity contribution in [3.05, 3.63) is 12.2 Å². The molecule has 3 fully saturated rings. The van der Waals surface area contributed by atoms with E-state index in [0.29, 0.717) is 19.3 Å². The molecule has 0 spiro atoms. The maximum absolute atomic E-state index is 12.4. The molecule has 27 heavy (non-hydrogen) atoms. The number of carbonyl (C=O) groups excluding carboxylic acids is 3. The van der Waals surface area contributed by atoms with Gasteiger partial charge in [0.1, 0.15) is 18.5 Å². The highest BCUT2D eigenvalue weighted by atomic mass is 16.6. The number of aliphatic hydroxyl groups excluding tert-OH is 2. The number of aliphatic hydroxyl groups is 2. The number of fused-ring (bicyclic) bond motifs is 3. The lowest BCUT2D eigenvalue weighted by Gasteiger charge is -2.55. The molecule has 2 saturated carbocycles. The van der Waals surface area contributed by atoms with Gasteiger partial charge in [0, 0.05) is 41.8 Å². The second-order valence-corrected chi connectivity index (χ2v) is 8.42. The minimum Gasteiger partial charge on any atom is -0.461 e. The number of carbonyl (C=O) groups is 3. The van der Waals surface area contributed by atoms with E-state index in [4.69, 9.17) is 14.6 Å². The molecular formula is C20H28O7. The normalized spacial score (nSPS) is 43.3. The van der Waals surface area contributed by atoms with E-state index in [1.807, 2.05) is 6.92 Å². The Labute approximate surface area is 158 Å². The minimum atomic E-state index is -0.696. The SMILES string of the molecule is C=C(CCO)C(=O)O[C@H]1C[C@]2(C)C([C@H](C=O)CC[C@H]2O)[C@H]2OC(=O)[C@H](C)[C@H]12. The molecule has 8 atom stereocenters. The highest BCUT2D eigenvalue weighted by Gasteiger charge is 2.64. The van der Waals surface area contributed by atoms with Crippen molar-refractivity contribution in [3.8, 4) is 0 Å². The molecule has 0 aromatic heterocycles. The average Bonchev–Trinajstić information content (AvgIpc) is 2.91. The van der Waals surface area contributed by atoms with Crippen molar-refractivity contribution in [1.82, 2.24) is 0 Å². The largest absolute Gasteiger partial charge is 0.461 e.